The Labute approximate surface area is 180 Å². The van der Waals surface area contributed by atoms with Crippen LogP contribution in [-0.4, -0.2) is 10.2 Å². The van der Waals surface area contributed by atoms with Crippen molar-refractivity contribution in [3.63, 3.8) is 0 Å². The van der Waals surface area contributed by atoms with Crippen molar-refractivity contribution in [3.05, 3.63) is 112 Å². The third-order valence-corrected chi connectivity index (χ3v) is 5.30. The van der Waals surface area contributed by atoms with Crippen molar-refractivity contribution in [2.24, 2.45) is 0 Å². The first kappa shape index (κ1) is 19.3. The summed E-state index contributed by atoms with van der Waals surface area (Å²) in [6.45, 7) is 3.66. The van der Waals surface area contributed by atoms with Crippen LogP contribution >= 0.6 is 15.9 Å². The molecule has 3 nitrogen and oxygen atoms in total. The minimum atomic E-state index is 0.779. The van der Waals surface area contributed by atoms with Crippen LogP contribution in [0.3, 0.4) is 0 Å². The molecule has 0 saturated heterocycles. The van der Waals surface area contributed by atoms with Crippen molar-refractivity contribution in [1.82, 2.24) is 10.2 Å². The van der Waals surface area contributed by atoms with Crippen LogP contribution in [0.2, 0.25) is 0 Å². The van der Waals surface area contributed by atoms with Crippen molar-refractivity contribution in [2.75, 3.05) is 4.90 Å². The third-order valence-electron chi connectivity index (χ3n) is 4.81. The molecule has 29 heavy (non-hydrogen) atoms. The average molecular weight is 444 g/mol. The van der Waals surface area contributed by atoms with Crippen LogP contribution < -0.4 is 4.90 Å². The molecule has 144 valence electrons. The number of nitrogens with zero attached hydrogens (tertiary/aromatic N) is 3. The van der Waals surface area contributed by atoms with Crippen LogP contribution in [0.25, 0.3) is 11.3 Å². The van der Waals surface area contributed by atoms with E-state index in [9.17, 15) is 0 Å². The Balaban J connectivity index is 1.67. The maximum Gasteiger partial charge on any atom is 0.154 e. The number of anilines is 1. The van der Waals surface area contributed by atoms with Gasteiger partial charge < -0.3 is 4.90 Å². The van der Waals surface area contributed by atoms with Crippen molar-refractivity contribution in [1.29, 1.82) is 0 Å². The van der Waals surface area contributed by atoms with Crippen molar-refractivity contribution < 1.29 is 0 Å². The molecule has 0 amide bonds. The largest absolute Gasteiger partial charge is 0.346 e. The molecule has 0 radical (unpaired) electrons. The Hall–Kier alpha value is -2.98. The summed E-state index contributed by atoms with van der Waals surface area (Å²) in [5.41, 5.74) is 5.55. The first-order valence-electron chi connectivity index (χ1n) is 9.62. The van der Waals surface area contributed by atoms with Gasteiger partial charge in [-0.15, -0.1) is 10.2 Å². The van der Waals surface area contributed by atoms with Gasteiger partial charge in [-0.1, -0.05) is 88.7 Å². The maximum absolute atomic E-state index is 4.64. The van der Waals surface area contributed by atoms with Crippen LogP contribution in [0, 0.1) is 6.92 Å². The van der Waals surface area contributed by atoms with E-state index in [2.05, 4.69) is 105 Å². The van der Waals surface area contributed by atoms with Crippen LogP contribution in [-0.2, 0) is 13.1 Å². The lowest BCUT2D eigenvalue weighted by molar-refractivity contribution is 0.765. The molecule has 0 N–H and O–H groups in total. The number of aryl methyl sites for hydroxylation is 1. The van der Waals surface area contributed by atoms with Crippen LogP contribution in [0.4, 0.5) is 5.82 Å². The van der Waals surface area contributed by atoms with Gasteiger partial charge in [0.05, 0.1) is 5.69 Å². The fourth-order valence-electron chi connectivity index (χ4n) is 3.39. The van der Waals surface area contributed by atoms with Gasteiger partial charge in [-0.3, -0.25) is 0 Å². The van der Waals surface area contributed by atoms with Gasteiger partial charge in [0.15, 0.2) is 5.82 Å². The Morgan fingerprint density at radius 2 is 1.34 bits per heavy atom. The molecule has 1 heterocycles. The van der Waals surface area contributed by atoms with Gasteiger partial charge in [0, 0.05) is 23.1 Å². The summed E-state index contributed by atoms with van der Waals surface area (Å²) < 4.78 is 1.04. The van der Waals surface area contributed by atoms with Crippen molar-refractivity contribution >= 4 is 21.7 Å². The van der Waals surface area contributed by atoms with E-state index in [0.717, 1.165) is 40.2 Å². The maximum atomic E-state index is 4.64. The molecule has 4 heteroatoms. The summed E-state index contributed by atoms with van der Waals surface area (Å²) in [5, 5.41) is 9.18. The molecule has 0 fully saturated rings. The summed E-state index contributed by atoms with van der Waals surface area (Å²) in [7, 11) is 0. The Bertz CT molecular complexity index is 1040. The first-order valence-corrected chi connectivity index (χ1v) is 10.4. The average Bonchev–Trinajstić information content (AvgIpc) is 2.75. The molecule has 0 aliphatic carbocycles. The lowest BCUT2D eigenvalue weighted by Gasteiger charge is -2.25. The molecule has 0 atom stereocenters. The van der Waals surface area contributed by atoms with Gasteiger partial charge in [0.1, 0.15) is 0 Å². The zero-order valence-corrected chi connectivity index (χ0v) is 17.9. The summed E-state index contributed by atoms with van der Waals surface area (Å²) >= 11 is 3.53. The van der Waals surface area contributed by atoms with E-state index in [1.807, 2.05) is 24.3 Å². The van der Waals surface area contributed by atoms with E-state index >= 15 is 0 Å². The number of aromatic nitrogens is 2. The molecule has 0 unspecified atom stereocenters. The van der Waals surface area contributed by atoms with Crippen molar-refractivity contribution in [2.45, 2.75) is 20.0 Å². The molecule has 0 bridgehead atoms. The molecule has 4 aromatic rings. The molecular weight excluding hydrogens is 422 g/mol. The zero-order valence-electron chi connectivity index (χ0n) is 16.3. The first-order chi connectivity index (χ1) is 14.2. The highest BCUT2D eigenvalue weighted by Gasteiger charge is 2.15. The molecule has 4 rings (SSSR count). The monoisotopic (exact) mass is 443 g/mol. The zero-order chi connectivity index (χ0) is 20.1. The van der Waals surface area contributed by atoms with Gasteiger partial charge >= 0.3 is 0 Å². The number of hydrogen-bond donors (Lipinski definition) is 0. The standard InChI is InChI=1S/C25H22BrN3/c1-19-15-24(22-13-8-14-23(26)16-22)27-28-25(19)29(17-20-9-4-2-5-10-20)18-21-11-6-3-7-12-21/h2-16H,17-18H2,1H3. The third kappa shape index (κ3) is 4.90. The molecule has 0 aliphatic heterocycles. The quantitative estimate of drug-likeness (QED) is 0.344. The predicted molar refractivity (Wildman–Crippen MR) is 123 cm³/mol. The topological polar surface area (TPSA) is 29.0 Å². The second-order valence-electron chi connectivity index (χ2n) is 7.07. The van der Waals surface area contributed by atoms with Gasteiger partial charge in [-0.25, -0.2) is 0 Å². The van der Waals surface area contributed by atoms with Crippen LogP contribution in [0.1, 0.15) is 16.7 Å². The lowest BCUT2D eigenvalue weighted by Crippen LogP contribution is -2.24. The molecular formula is C25H22BrN3. The highest BCUT2D eigenvalue weighted by Crippen LogP contribution is 2.26. The van der Waals surface area contributed by atoms with Gasteiger partial charge in [-0.05, 0) is 41.8 Å². The highest BCUT2D eigenvalue weighted by atomic mass is 79.9. The van der Waals surface area contributed by atoms with E-state index in [1.165, 1.54) is 11.1 Å². The second-order valence-corrected chi connectivity index (χ2v) is 7.99. The Kier molecular flexibility index (Phi) is 6.01. The van der Waals surface area contributed by atoms with Gasteiger partial charge in [0.25, 0.3) is 0 Å². The van der Waals surface area contributed by atoms with E-state index in [1.54, 1.807) is 0 Å². The minimum Gasteiger partial charge on any atom is -0.346 e. The Morgan fingerprint density at radius 3 is 1.90 bits per heavy atom. The summed E-state index contributed by atoms with van der Waals surface area (Å²) in [5.74, 6) is 0.913. The smallest absolute Gasteiger partial charge is 0.154 e. The van der Waals surface area contributed by atoms with Crippen LogP contribution in [0.5, 0.6) is 0 Å². The lowest BCUT2D eigenvalue weighted by atomic mass is 10.1. The predicted octanol–water partition coefficient (Wildman–Crippen LogP) is 6.42. The van der Waals surface area contributed by atoms with Crippen molar-refractivity contribution in [3.8, 4) is 11.3 Å². The number of halogens is 1. The molecule has 0 saturated carbocycles. The second kappa shape index (κ2) is 9.01. The van der Waals surface area contributed by atoms with Crippen LogP contribution in [0.15, 0.2) is 95.5 Å². The van der Waals surface area contributed by atoms with Gasteiger partial charge in [-0.2, -0.15) is 0 Å². The number of benzene rings is 3. The SMILES string of the molecule is Cc1cc(-c2cccc(Br)c2)nnc1N(Cc1ccccc1)Cc1ccccc1. The van der Waals surface area contributed by atoms with E-state index in [0.29, 0.717) is 0 Å². The molecule has 3 aromatic carbocycles. The van der Waals surface area contributed by atoms with E-state index in [-0.39, 0.29) is 0 Å². The molecule has 1 aromatic heterocycles. The summed E-state index contributed by atoms with van der Waals surface area (Å²) in [6, 6.07) is 31.3. The number of rotatable bonds is 6. The van der Waals surface area contributed by atoms with E-state index in [4.69, 9.17) is 0 Å². The normalized spacial score (nSPS) is 10.7. The molecule has 0 spiro atoms. The summed E-state index contributed by atoms with van der Waals surface area (Å²) in [4.78, 5) is 2.29. The Morgan fingerprint density at radius 1 is 0.724 bits per heavy atom. The summed E-state index contributed by atoms with van der Waals surface area (Å²) in [6.07, 6.45) is 0. The number of hydrogen-bond acceptors (Lipinski definition) is 3. The molecule has 0 aliphatic rings. The fraction of sp³-hybridized carbons (Fsp3) is 0.120. The minimum absolute atomic E-state index is 0.779. The van der Waals surface area contributed by atoms with Gasteiger partial charge in [0.2, 0.25) is 0 Å². The van der Waals surface area contributed by atoms with E-state index < -0.39 is 0 Å². The highest BCUT2D eigenvalue weighted by molar-refractivity contribution is 9.10. The fourth-order valence-corrected chi connectivity index (χ4v) is 3.79.